The van der Waals surface area contributed by atoms with Gasteiger partial charge in [-0.1, -0.05) is 17.7 Å². The number of halogens is 2. The van der Waals surface area contributed by atoms with Crippen LogP contribution < -0.4 is 5.84 Å². The lowest BCUT2D eigenvalue weighted by atomic mass is 10.2. The van der Waals surface area contributed by atoms with E-state index in [0.29, 0.717) is 5.02 Å². The topological polar surface area (TPSA) is 38.4 Å². The van der Waals surface area contributed by atoms with Gasteiger partial charge in [-0.05, 0) is 12.1 Å². The van der Waals surface area contributed by atoms with Crippen molar-refractivity contribution < 1.29 is 4.39 Å². The molecule has 2 N–H and O–H groups in total. The first-order chi connectivity index (χ1) is 5.25. The van der Waals surface area contributed by atoms with Crippen molar-refractivity contribution in [2.45, 2.75) is 0 Å². The predicted octanol–water partition coefficient (Wildman–Crippen LogP) is 1.77. The van der Waals surface area contributed by atoms with E-state index in [9.17, 15) is 4.39 Å². The Kier molecular flexibility index (Phi) is 2.44. The third-order valence-electron chi connectivity index (χ3n) is 1.20. The largest absolute Gasteiger partial charge is 0.323 e. The molecule has 0 aromatic heterocycles. The van der Waals surface area contributed by atoms with Crippen molar-refractivity contribution in [1.82, 2.24) is 0 Å². The van der Waals surface area contributed by atoms with Gasteiger partial charge in [-0.25, -0.2) is 4.39 Å². The van der Waals surface area contributed by atoms with E-state index in [0.717, 1.165) is 0 Å². The molecule has 0 unspecified atom stereocenters. The maximum atomic E-state index is 12.8. The number of hydrogen-bond donors (Lipinski definition) is 1. The van der Waals surface area contributed by atoms with Crippen LogP contribution in [0.1, 0.15) is 5.56 Å². The van der Waals surface area contributed by atoms with Gasteiger partial charge in [0.15, 0.2) is 0 Å². The van der Waals surface area contributed by atoms with Gasteiger partial charge in [0, 0.05) is 5.56 Å². The van der Waals surface area contributed by atoms with Crippen molar-refractivity contribution in [2.75, 3.05) is 0 Å². The Balaban J connectivity index is 3.20. The fourth-order valence-electron chi connectivity index (χ4n) is 0.709. The van der Waals surface area contributed by atoms with E-state index in [1.807, 2.05) is 0 Å². The zero-order chi connectivity index (χ0) is 8.27. The molecular formula is C7H6ClFN2. The zero-order valence-corrected chi connectivity index (χ0v) is 6.35. The summed E-state index contributed by atoms with van der Waals surface area (Å²) in [4.78, 5) is 0. The molecule has 58 valence electrons. The second kappa shape index (κ2) is 3.34. The van der Waals surface area contributed by atoms with Gasteiger partial charge in [-0.3, -0.25) is 0 Å². The number of nitrogens with two attached hydrogens (primary N) is 1. The maximum absolute atomic E-state index is 12.8. The van der Waals surface area contributed by atoms with Crippen molar-refractivity contribution in [1.29, 1.82) is 0 Å². The highest BCUT2D eigenvalue weighted by molar-refractivity contribution is 6.33. The number of hydrazone groups is 1. The van der Waals surface area contributed by atoms with Crippen LogP contribution in [0.15, 0.2) is 23.3 Å². The molecule has 0 radical (unpaired) electrons. The van der Waals surface area contributed by atoms with Crippen LogP contribution in [0, 0.1) is 5.82 Å². The first-order valence-corrected chi connectivity index (χ1v) is 3.31. The van der Waals surface area contributed by atoms with Crippen LogP contribution in [0.25, 0.3) is 0 Å². The summed E-state index contributed by atoms with van der Waals surface area (Å²) in [6.07, 6.45) is 1.18. The fraction of sp³-hybridized carbons (Fsp3) is 0. The standard InChI is InChI=1S/C7H6ClFN2/c8-6-2-1-3-7(9)5(6)4-11-10/h1-4H,10H2. The number of rotatable bonds is 1. The van der Waals surface area contributed by atoms with E-state index < -0.39 is 5.82 Å². The van der Waals surface area contributed by atoms with Gasteiger partial charge >= 0.3 is 0 Å². The van der Waals surface area contributed by atoms with Crippen LogP contribution in [-0.2, 0) is 0 Å². The minimum Gasteiger partial charge on any atom is -0.323 e. The molecule has 0 amide bonds. The maximum Gasteiger partial charge on any atom is 0.133 e. The van der Waals surface area contributed by atoms with E-state index >= 15 is 0 Å². The molecule has 1 aromatic carbocycles. The molecular weight excluding hydrogens is 167 g/mol. The summed E-state index contributed by atoms with van der Waals surface area (Å²) < 4.78 is 12.8. The second-order valence-corrected chi connectivity index (χ2v) is 2.32. The van der Waals surface area contributed by atoms with Crippen LogP contribution >= 0.6 is 11.6 Å². The van der Waals surface area contributed by atoms with E-state index in [1.165, 1.54) is 18.3 Å². The predicted molar refractivity (Wildman–Crippen MR) is 43.2 cm³/mol. The Morgan fingerprint density at radius 2 is 2.27 bits per heavy atom. The average Bonchev–Trinajstić information content (AvgIpc) is 1.97. The fourth-order valence-corrected chi connectivity index (χ4v) is 0.920. The first-order valence-electron chi connectivity index (χ1n) is 2.93. The highest BCUT2D eigenvalue weighted by Gasteiger charge is 2.02. The van der Waals surface area contributed by atoms with Gasteiger partial charge in [-0.15, -0.1) is 0 Å². The third kappa shape index (κ3) is 1.68. The Labute approximate surface area is 68.5 Å². The second-order valence-electron chi connectivity index (χ2n) is 1.91. The lowest BCUT2D eigenvalue weighted by Crippen LogP contribution is -1.91. The van der Waals surface area contributed by atoms with E-state index in [2.05, 4.69) is 5.10 Å². The van der Waals surface area contributed by atoms with Gasteiger partial charge in [0.25, 0.3) is 0 Å². The van der Waals surface area contributed by atoms with Crippen molar-refractivity contribution in [3.63, 3.8) is 0 Å². The smallest absolute Gasteiger partial charge is 0.133 e. The van der Waals surface area contributed by atoms with Crippen LogP contribution in [0.3, 0.4) is 0 Å². The Bertz CT molecular complexity index is 266. The molecule has 0 fully saturated rings. The zero-order valence-electron chi connectivity index (χ0n) is 5.59. The van der Waals surface area contributed by atoms with E-state index in [-0.39, 0.29) is 5.56 Å². The molecule has 4 heteroatoms. The molecule has 0 heterocycles. The summed E-state index contributed by atoms with van der Waals surface area (Å²) in [5, 5.41) is 3.48. The van der Waals surface area contributed by atoms with Gasteiger partial charge in [0.1, 0.15) is 5.82 Å². The number of hydrogen-bond acceptors (Lipinski definition) is 2. The molecule has 0 spiro atoms. The molecule has 0 saturated carbocycles. The Hall–Kier alpha value is -1.09. The molecule has 1 rings (SSSR count). The third-order valence-corrected chi connectivity index (χ3v) is 1.53. The molecule has 0 aliphatic rings. The molecule has 0 saturated heterocycles. The van der Waals surface area contributed by atoms with Crippen molar-refractivity contribution in [3.05, 3.63) is 34.6 Å². The minimum absolute atomic E-state index is 0.219. The summed E-state index contributed by atoms with van der Waals surface area (Å²) in [6.45, 7) is 0. The van der Waals surface area contributed by atoms with Gasteiger partial charge < -0.3 is 5.84 Å². The quantitative estimate of drug-likeness (QED) is 0.391. The number of benzene rings is 1. The highest BCUT2D eigenvalue weighted by Crippen LogP contribution is 2.16. The van der Waals surface area contributed by atoms with Crippen LogP contribution in [0.4, 0.5) is 4.39 Å². The lowest BCUT2D eigenvalue weighted by molar-refractivity contribution is 0.626. The highest BCUT2D eigenvalue weighted by atomic mass is 35.5. The van der Waals surface area contributed by atoms with Gasteiger partial charge in [0.2, 0.25) is 0 Å². The van der Waals surface area contributed by atoms with Crippen molar-refractivity contribution in [3.8, 4) is 0 Å². The SMILES string of the molecule is NN=Cc1c(F)cccc1Cl. The monoisotopic (exact) mass is 172 g/mol. The van der Waals surface area contributed by atoms with Crippen LogP contribution in [0.5, 0.6) is 0 Å². The molecule has 1 aromatic rings. The summed E-state index contributed by atoms with van der Waals surface area (Å²) in [5.74, 6) is 4.42. The molecule has 0 aliphatic carbocycles. The van der Waals surface area contributed by atoms with Crippen molar-refractivity contribution >= 4 is 17.8 Å². The summed E-state index contributed by atoms with van der Waals surface area (Å²) in [6, 6.07) is 4.38. The molecule has 0 bridgehead atoms. The summed E-state index contributed by atoms with van der Waals surface area (Å²) >= 11 is 5.62. The summed E-state index contributed by atoms with van der Waals surface area (Å²) in [7, 11) is 0. The number of nitrogens with zero attached hydrogens (tertiary/aromatic N) is 1. The Morgan fingerprint density at radius 3 is 2.82 bits per heavy atom. The first kappa shape index (κ1) is 8.01. The average molecular weight is 173 g/mol. The van der Waals surface area contributed by atoms with Crippen molar-refractivity contribution in [2.24, 2.45) is 10.9 Å². The normalized spacial score (nSPS) is 10.7. The van der Waals surface area contributed by atoms with Crippen LogP contribution in [0.2, 0.25) is 5.02 Å². The van der Waals surface area contributed by atoms with E-state index in [1.54, 1.807) is 6.07 Å². The Morgan fingerprint density at radius 1 is 1.55 bits per heavy atom. The van der Waals surface area contributed by atoms with Gasteiger partial charge in [0.05, 0.1) is 11.2 Å². The minimum atomic E-state index is -0.424. The van der Waals surface area contributed by atoms with E-state index in [4.69, 9.17) is 17.4 Å². The van der Waals surface area contributed by atoms with Gasteiger partial charge in [-0.2, -0.15) is 5.10 Å². The summed E-state index contributed by atoms with van der Waals surface area (Å²) in [5.41, 5.74) is 0.219. The molecule has 0 aliphatic heterocycles. The molecule has 11 heavy (non-hydrogen) atoms. The lowest BCUT2D eigenvalue weighted by Gasteiger charge is -1.96. The molecule has 0 atom stereocenters. The van der Waals surface area contributed by atoms with Crippen LogP contribution in [-0.4, -0.2) is 6.21 Å². The molecule has 2 nitrogen and oxygen atoms in total.